The van der Waals surface area contributed by atoms with Gasteiger partial charge in [-0.15, -0.1) is 0 Å². The fourth-order valence-electron chi connectivity index (χ4n) is 1.55. The molecule has 3 heteroatoms. The second-order valence-corrected chi connectivity index (χ2v) is 3.49. The minimum absolute atomic E-state index is 1.01. The molecule has 0 N–H and O–H groups in total. The molecule has 2 aromatic rings. The van der Waals surface area contributed by atoms with E-state index < -0.39 is 0 Å². The molecule has 3 nitrogen and oxygen atoms in total. The summed E-state index contributed by atoms with van der Waals surface area (Å²) in [6.45, 7) is 6.03. The lowest BCUT2D eigenvalue weighted by molar-refractivity contribution is 0.829. The van der Waals surface area contributed by atoms with Crippen molar-refractivity contribution < 1.29 is 0 Å². The number of aromatic nitrogens is 3. The topological polar surface area (TPSA) is 30.7 Å². The van der Waals surface area contributed by atoms with Crippen LogP contribution in [0.1, 0.15) is 17.1 Å². The molecule has 0 spiro atoms. The molecule has 0 unspecified atom stereocenters. The lowest BCUT2D eigenvalue weighted by Crippen LogP contribution is -1.99. The summed E-state index contributed by atoms with van der Waals surface area (Å²) in [5.41, 5.74) is 4.27. The Bertz CT molecular complexity index is 457. The molecule has 0 amide bonds. The molecular weight excluding hydrogens is 174 g/mol. The minimum atomic E-state index is 1.01. The van der Waals surface area contributed by atoms with Gasteiger partial charge in [0.15, 0.2) is 0 Å². The molecule has 0 aromatic carbocycles. The molecule has 0 atom stereocenters. The van der Waals surface area contributed by atoms with Crippen LogP contribution in [0.4, 0.5) is 0 Å². The van der Waals surface area contributed by atoms with E-state index in [2.05, 4.69) is 23.1 Å². The molecule has 2 heterocycles. The molecule has 72 valence electrons. The number of rotatable bonds is 1. The van der Waals surface area contributed by atoms with E-state index >= 15 is 0 Å². The largest absolute Gasteiger partial charge is 0.261 e. The van der Waals surface area contributed by atoms with E-state index in [4.69, 9.17) is 0 Å². The number of pyridine rings is 1. The van der Waals surface area contributed by atoms with Crippen LogP contribution in [0.2, 0.25) is 0 Å². The van der Waals surface area contributed by atoms with Gasteiger partial charge in [0, 0.05) is 17.6 Å². The number of hydrogen-bond donors (Lipinski definition) is 0. The van der Waals surface area contributed by atoms with Gasteiger partial charge in [-0.25, -0.2) is 4.68 Å². The first-order chi connectivity index (χ1) is 6.66. The maximum Gasteiger partial charge on any atom is 0.0682 e. The van der Waals surface area contributed by atoms with Crippen molar-refractivity contribution in [1.29, 1.82) is 0 Å². The fourth-order valence-corrected chi connectivity index (χ4v) is 1.55. The fraction of sp³-hybridized carbons (Fsp3) is 0.273. The number of nitrogens with zero attached hydrogens (tertiary/aromatic N) is 3. The molecule has 2 rings (SSSR count). The second kappa shape index (κ2) is 3.25. The number of aryl methyl sites for hydroxylation is 3. The van der Waals surface area contributed by atoms with Crippen molar-refractivity contribution in [3.63, 3.8) is 0 Å². The molecule has 2 aromatic heterocycles. The molecular formula is C11H13N3. The van der Waals surface area contributed by atoms with Crippen LogP contribution in [-0.4, -0.2) is 14.8 Å². The van der Waals surface area contributed by atoms with Crippen LogP contribution in [0.25, 0.3) is 5.69 Å². The zero-order valence-corrected chi connectivity index (χ0v) is 8.65. The molecule has 0 saturated heterocycles. The van der Waals surface area contributed by atoms with Crippen molar-refractivity contribution in [1.82, 2.24) is 14.8 Å². The molecule has 0 aliphatic heterocycles. The van der Waals surface area contributed by atoms with E-state index in [1.807, 2.05) is 30.7 Å². The molecule has 14 heavy (non-hydrogen) atoms. The Morgan fingerprint density at radius 2 is 1.86 bits per heavy atom. The SMILES string of the molecule is Cc1cc(-n2nc(C)cc2C)ccn1. The summed E-state index contributed by atoms with van der Waals surface area (Å²) in [6, 6.07) is 6.06. The van der Waals surface area contributed by atoms with E-state index in [0.717, 1.165) is 22.8 Å². The van der Waals surface area contributed by atoms with E-state index in [1.54, 1.807) is 6.20 Å². The van der Waals surface area contributed by atoms with Gasteiger partial charge in [0.1, 0.15) is 0 Å². The Balaban J connectivity index is 2.54. The van der Waals surface area contributed by atoms with E-state index in [-0.39, 0.29) is 0 Å². The van der Waals surface area contributed by atoms with Crippen LogP contribution in [0.5, 0.6) is 0 Å². The van der Waals surface area contributed by atoms with Crippen molar-refractivity contribution in [3.8, 4) is 5.69 Å². The molecule has 0 aliphatic rings. The lowest BCUT2D eigenvalue weighted by Gasteiger charge is -2.03. The summed E-state index contributed by atoms with van der Waals surface area (Å²) < 4.78 is 1.93. The first kappa shape index (κ1) is 8.94. The van der Waals surface area contributed by atoms with Crippen molar-refractivity contribution in [2.45, 2.75) is 20.8 Å². The molecule has 0 saturated carbocycles. The lowest BCUT2D eigenvalue weighted by atomic mass is 10.3. The number of hydrogen-bond acceptors (Lipinski definition) is 2. The van der Waals surface area contributed by atoms with Gasteiger partial charge < -0.3 is 0 Å². The van der Waals surface area contributed by atoms with Gasteiger partial charge in [-0.1, -0.05) is 0 Å². The maximum absolute atomic E-state index is 4.41. The minimum Gasteiger partial charge on any atom is -0.261 e. The molecule has 0 bridgehead atoms. The second-order valence-electron chi connectivity index (χ2n) is 3.49. The van der Waals surface area contributed by atoms with Crippen molar-refractivity contribution in [3.05, 3.63) is 41.5 Å². The molecule has 0 aliphatic carbocycles. The van der Waals surface area contributed by atoms with Gasteiger partial charge >= 0.3 is 0 Å². The summed E-state index contributed by atoms with van der Waals surface area (Å²) >= 11 is 0. The summed E-state index contributed by atoms with van der Waals surface area (Å²) in [4.78, 5) is 4.16. The van der Waals surface area contributed by atoms with Crippen molar-refractivity contribution in [2.24, 2.45) is 0 Å². The van der Waals surface area contributed by atoms with Gasteiger partial charge in [0.05, 0.1) is 11.4 Å². The van der Waals surface area contributed by atoms with Gasteiger partial charge in [-0.3, -0.25) is 4.98 Å². The van der Waals surface area contributed by atoms with Gasteiger partial charge in [0.25, 0.3) is 0 Å². The first-order valence-corrected chi connectivity index (χ1v) is 4.63. The van der Waals surface area contributed by atoms with Crippen LogP contribution in [0.15, 0.2) is 24.4 Å². The Hall–Kier alpha value is -1.64. The van der Waals surface area contributed by atoms with E-state index in [0.29, 0.717) is 0 Å². The van der Waals surface area contributed by atoms with Crippen LogP contribution >= 0.6 is 0 Å². The van der Waals surface area contributed by atoms with Gasteiger partial charge in [-0.2, -0.15) is 5.10 Å². The zero-order chi connectivity index (χ0) is 10.1. The standard InChI is InChI=1S/C11H13N3/c1-8-7-11(4-5-12-8)14-10(3)6-9(2)13-14/h4-7H,1-3H3. The van der Waals surface area contributed by atoms with Gasteiger partial charge in [0.2, 0.25) is 0 Å². The zero-order valence-electron chi connectivity index (χ0n) is 8.65. The highest BCUT2D eigenvalue weighted by Gasteiger charge is 2.02. The summed E-state index contributed by atoms with van der Waals surface area (Å²) in [5.74, 6) is 0. The first-order valence-electron chi connectivity index (χ1n) is 4.63. The third-order valence-electron chi connectivity index (χ3n) is 2.13. The summed E-state index contributed by atoms with van der Waals surface area (Å²) in [6.07, 6.45) is 1.81. The van der Waals surface area contributed by atoms with Crippen LogP contribution in [0.3, 0.4) is 0 Å². The molecule has 0 fully saturated rings. The van der Waals surface area contributed by atoms with Crippen LogP contribution in [0, 0.1) is 20.8 Å². The Morgan fingerprint density at radius 3 is 2.43 bits per heavy atom. The smallest absolute Gasteiger partial charge is 0.0682 e. The normalized spacial score (nSPS) is 10.5. The Labute approximate surface area is 83.4 Å². The van der Waals surface area contributed by atoms with Crippen molar-refractivity contribution in [2.75, 3.05) is 0 Å². The molecule has 0 radical (unpaired) electrons. The average Bonchev–Trinajstić information content (AvgIpc) is 2.45. The summed E-state index contributed by atoms with van der Waals surface area (Å²) in [5, 5.41) is 4.41. The van der Waals surface area contributed by atoms with E-state index in [9.17, 15) is 0 Å². The highest BCUT2D eigenvalue weighted by molar-refractivity contribution is 5.33. The predicted octanol–water partition coefficient (Wildman–Crippen LogP) is 2.19. The highest BCUT2D eigenvalue weighted by atomic mass is 15.3. The highest BCUT2D eigenvalue weighted by Crippen LogP contribution is 2.11. The third kappa shape index (κ3) is 1.53. The van der Waals surface area contributed by atoms with E-state index in [1.165, 1.54) is 0 Å². The monoisotopic (exact) mass is 187 g/mol. The van der Waals surface area contributed by atoms with Gasteiger partial charge in [-0.05, 0) is 39.0 Å². The van der Waals surface area contributed by atoms with Crippen molar-refractivity contribution >= 4 is 0 Å². The Morgan fingerprint density at radius 1 is 1.07 bits per heavy atom. The quantitative estimate of drug-likeness (QED) is 0.685. The van der Waals surface area contributed by atoms with Crippen LogP contribution < -0.4 is 0 Å². The summed E-state index contributed by atoms with van der Waals surface area (Å²) in [7, 11) is 0. The Kier molecular flexibility index (Phi) is 2.08. The van der Waals surface area contributed by atoms with Crippen LogP contribution in [-0.2, 0) is 0 Å². The third-order valence-corrected chi connectivity index (χ3v) is 2.13. The maximum atomic E-state index is 4.41. The average molecular weight is 187 g/mol. The predicted molar refractivity (Wildman–Crippen MR) is 55.6 cm³/mol.